The van der Waals surface area contributed by atoms with Crippen molar-refractivity contribution in [3.8, 4) is 0 Å². The number of halogens is 1. The number of carbonyl (C=O) groups excluding carboxylic acids is 2. The van der Waals surface area contributed by atoms with Crippen LogP contribution in [-0.4, -0.2) is 60.9 Å². The van der Waals surface area contributed by atoms with Gasteiger partial charge in [0.05, 0.1) is 23.2 Å². The molecule has 7 atom stereocenters. The molecule has 0 saturated carbocycles. The van der Waals surface area contributed by atoms with E-state index in [1.165, 1.54) is 0 Å². The zero-order valence-electron chi connectivity index (χ0n) is 14.4. The number of likely N-dealkylation sites (N-methyl/N-ethyl adjacent to an activating group) is 1. The van der Waals surface area contributed by atoms with Crippen LogP contribution in [-0.2, 0) is 23.8 Å². The fraction of sp³-hybridized carbons (Fsp3) is 0.765. The van der Waals surface area contributed by atoms with Gasteiger partial charge in [0.15, 0.2) is 0 Å². The van der Waals surface area contributed by atoms with Gasteiger partial charge in [-0.15, -0.1) is 12.4 Å². The molecule has 0 spiro atoms. The van der Waals surface area contributed by atoms with Gasteiger partial charge in [0.2, 0.25) is 0 Å². The summed E-state index contributed by atoms with van der Waals surface area (Å²) in [6, 6.07) is -0.0239. The molecular weight excluding hydrogens is 334 g/mol. The van der Waals surface area contributed by atoms with E-state index in [0.29, 0.717) is 12.0 Å². The maximum absolute atomic E-state index is 12.4. The Balaban J connectivity index is 0.00000169. The third-order valence-electron chi connectivity index (χ3n) is 5.91. The van der Waals surface area contributed by atoms with Gasteiger partial charge in [-0.05, 0) is 33.5 Å². The van der Waals surface area contributed by atoms with Crippen molar-refractivity contribution in [2.24, 2.45) is 11.8 Å². The molecule has 4 rings (SSSR count). The van der Waals surface area contributed by atoms with Crippen LogP contribution in [0.2, 0.25) is 0 Å². The highest BCUT2D eigenvalue weighted by atomic mass is 35.5. The fourth-order valence-corrected chi connectivity index (χ4v) is 4.38. The Morgan fingerprint density at radius 2 is 1.96 bits per heavy atom. The van der Waals surface area contributed by atoms with Crippen LogP contribution in [0.15, 0.2) is 11.6 Å². The van der Waals surface area contributed by atoms with Crippen molar-refractivity contribution in [1.82, 2.24) is 4.90 Å². The van der Waals surface area contributed by atoms with Gasteiger partial charge in [-0.3, -0.25) is 4.79 Å². The molecule has 6 nitrogen and oxygen atoms in total. The van der Waals surface area contributed by atoms with E-state index in [9.17, 15) is 9.59 Å². The van der Waals surface area contributed by atoms with E-state index in [1.54, 1.807) is 0 Å². The Labute approximate surface area is 147 Å². The highest BCUT2D eigenvalue weighted by Gasteiger charge is 2.60. The SMILES string of the molecule is CC1C(=O)OC2CC3(C)OC3CC(N(C)C)C3=CC(OC3=O)C21.Cl. The summed E-state index contributed by atoms with van der Waals surface area (Å²) in [5.74, 6) is -0.886. The van der Waals surface area contributed by atoms with Gasteiger partial charge >= 0.3 is 11.9 Å². The summed E-state index contributed by atoms with van der Waals surface area (Å²) in [6.45, 7) is 3.92. The number of fused-ring (bicyclic) bond motifs is 4. The van der Waals surface area contributed by atoms with Crippen molar-refractivity contribution in [3.63, 3.8) is 0 Å². The van der Waals surface area contributed by atoms with Crippen LogP contribution in [0.1, 0.15) is 26.7 Å². The van der Waals surface area contributed by atoms with Crippen molar-refractivity contribution in [2.75, 3.05) is 14.1 Å². The second-order valence-corrected chi connectivity index (χ2v) is 7.67. The van der Waals surface area contributed by atoms with Crippen LogP contribution in [0.25, 0.3) is 0 Å². The minimum atomic E-state index is -0.384. The molecule has 0 aromatic heterocycles. The van der Waals surface area contributed by atoms with Crippen LogP contribution >= 0.6 is 12.4 Å². The largest absolute Gasteiger partial charge is 0.462 e. The van der Waals surface area contributed by atoms with E-state index in [0.717, 1.165) is 6.42 Å². The zero-order chi connectivity index (χ0) is 16.5. The smallest absolute Gasteiger partial charge is 0.336 e. The summed E-state index contributed by atoms with van der Waals surface area (Å²) in [4.78, 5) is 26.5. The summed E-state index contributed by atoms with van der Waals surface area (Å²) in [7, 11) is 3.93. The lowest BCUT2D eigenvalue weighted by Gasteiger charge is -2.26. The molecule has 0 aromatic rings. The van der Waals surface area contributed by atoms with Gasteiger partial charge in [0, 0.05) is 18.4 Å². The molecule has 2 bridgehead atoms. The number of esters is 2. The third-order valence-corrected chi connectivity index (χ3v) is 5.91. The summed E-state index contributed by atoms with van der Waals surface area (Å²) in [5.41, 5.74) is 0.409. The topological polar surface area (TPSA) is 68.4 Å². The first-order valence-corrected chi connectivity index (χ1v) is 8.27. The lowest BCUT2D eigenvalue weighted by Crippen LogP contribution is -2.36. The number of rotatable bonds is 1. The number of carbonyl (C=O) groups is 2. The number of ether oxygens (including phenoxy) is 3. The van der Waals surface area contributed by atoms with Crippen molar-refractivity contribution in [2.45, 2.75) is 56.6 Å². The Morgan fingerprint density at radius 3 is 2.62 bits per heavy atom. The molecule has 0 radical (unpaired) electrons. The molecule has 4 aliphatic rings. The predicted molar refractivity (Wildman–Crippen MR) is 87.7 cm³/mol. The molecule has 0 N–H and O–H groups in total. The first-order chi connectivity index (χ1) is 10.8. The van der Waals surface area contributed by atoms with Crippen LogP contribution in [0.5, 0.6) is 0 Å². The molecule has 1 aliphatic carbocycles. The maximum atomic E-state index is 12.4. The molecule has 134 valence electrons. The second kappa shape index (κ2) is 5.71. The molecular formula is C17H24ClNO5. The van der Waals surface area contributed by atoms with Crippen molar-refractivity contribution < 1.29 is 23.8 Å². The number of epoxide rings is 1. The lowest BCUT2D eigenvalue weighted by atomic mass is 9.80. The Hall–Kier alpha value is -1.11. The first kappa shape index (κ1) is 17.7. The minimum absolute atomic E-state index is 0. The summed E-state index contributed by atoms with van der Waals surface area (Å²) in [6.07, 6.45) is 2.76. The molecule has 3 heterocycles. The molecule has 7 unspecified atom stereocenters. The Morgan fingerprint density at radius 1 is 1.25 bits per heavy atom. The Kier molecular flexibility index (Phi) is 4.21. The van der Waals surface area contributed by atoms with E-state index in [1.807, 2.05) is 32.0 Å². The van der Waals surface area contributed by atoms with Crippen LogP contribution in [0, 0.1) is 11.8 Å². The number of hydrogen-bond donors (Lipinski definition) is 0. The molecule has 7 heteroatoms. The van der Waals surface area contributed by atoms with Gasteiger partial charge < -0.3 is 19.1 Å². The van der Waals surface area contributed by atoms with Crippen molar-refractivity contribution >= 4 is 24.3 Å². The van der Waals surface area contributed by atoms with E-state index in [4.69, 9.17) is 14.2 Å². The minimum Gasteiger partial charge on any atom is -0.462 e. The second-order valence-electron chi connectivity index (χ2n) is 7.67. The normalized spacial score (nSPS) is 46.3. The third kappa shape index (κ3) is 2.55. The Bertz CT molecular complexity index is 606. The van der Waals surface area contributed by atoms with Crippen LogP contribution in [0.4, 0.5) is 0 Å². The lowest BCUT2D eigenvalue weighted by molar-refractivity contribution is -0.144. The zero-order valence-corrected chi connectivity index (χ0v) is 15.2. The van der Waals surface area contributed by atoms with Gasteiger partial charge in [-0.1, -0.05) is 6.92 Å². The van der Waals surface area contributed by atoms with Gasteiger partial charge in [0.1, 0.15) is 12.2 Å². The molecule has 0 aromatic carbocycles. The van der Waals surface area contributed by atoms with Crippen LogP contribution < -0.4 is 0 Å². The molecule has 0 amide bonds. The molecule has 2 fully saturated rings. The predicted octanol–water partition coefficient (Wildman–Crippen LogP) is 1.32. The van der Waals surface area contributed by atoms with Crippen molar-refractivity contribution in [1.29, 1.82) is 0 Å². The summed E-state index contributed by atoms with van der Waals surface area (Å²) < 4.78 is 17.1. The van der Waals surface area contributed by atoms with E-state index < -0.39 is 0 Å². The highest BCUT2D eigenvalue weighted by Crippen LogP contribution is 2.50. The number of nitrogens with zero attached hydrogens (tertiary/aromatic N) is 1. The fourth-order valence-electron chi connectivity index (χ4n) is 4.38. The van der Waals surface area contributed by atoms with Gasteiger partial charge in [-0.25, -0.2) is 4.79 Å². The van der Waals surface area contributed by atoms with Crippen LogP contribution in [0.3, 0.4) is 0 Å². The highest BCUT2D eigenvalue weighted by molar-refractivity contribution is 5.92. The monoisotopic (exact) mass is 357 g/mol. The van der Waals surface area contributed by atoms with Gasteiger partial charge in [0.25, 0.3) is 0 Å². The maximum Gasteiger partial charge on any atom is 0.336 e. The average Bonchev–Trinajstić information content (AvgIpc) is 2.79. The first-order valence-electron chi connectivity index (χ1n) is 8.27. The van der Waals surface area contributed by atoms with E-state index in [2.05, 4.69) is 6.92 Å². The van der Waals surface area contributed by atoms with Gasteiger partial charge in [-0.2, -0.15) is 0 Å². The molecule has 2 saturated heterocycles. The standard InChI is InChI=1S/C17H23NO5.ClH/c1-8-14-11-5-9(16(20)21-11)10(18(3)4)6-13-17(2,23-13)7-12(14)22-15(8)19;/h5,8,10-14H,6-7H2,1-4H3;1H. The number of hydrogen-bond acceptors (Lipinski definition) is 6. The molecule has 3 aliphatic heterocycles. The van der Waals surface area contributed by atoms with Crippen molar-refractivity contribution in [3.05, 3.63) is 11.6 Å². The summed E-state index contributed by atoms with van der Waals surface area (Å²) >= 11 is 0. The molecule has 24 heavy (non-hydrogen) atoms. The summed E-state index contributed by atoms with van der Waals surface area (Å²) in [5, 5.41) is 0. The van der Waals surface area contributed by atoms with E-state index >= 15 is 0 Å². The quantitative estimate of drug-likeness (QED) is 0.521. The average molecular weight is 358 g/mol. The van der Waals surface area contributed by atoms with E-state index in [-0.39, 0.29) is 66.1 Å².